The Kier molecular flexibility index (Phi) is 4.79. The van der Waals surface area contributed by atoms with Crippen LogP contribution in [0.4, 0.5) is 0 Å². The molecule has 0 unspecified atom stereocenters. The number of carbonyl (C=O) groups excluding carboxylic acids is 2. The molecule has 2 aromatic carbocycles. The standard InChI is InChI=1S/C19H17N3O4/c1-12-17(22(25)15-11-7-6-10-14(15)20-12)18(23)21-16(19(24)26-2)13-8-4-3-5-9-13/h3-11,16H,1-2H3,(H,21,23)/t16-/m0/s1. The smallest absolute Gasteiger partial charge is 0.333 e. The molecular weight excluding hydrogens is 334 g/mol. The van der Waals surface area contributed by atoms with Gasteiger partial charge in [-0.1, -0.05) is 42.5 Å². The average molecular weight is 351 g/mol. The van der Waals surface area contributed by atoms with Gasteiger partial charge in [-0.15, -0.1) is 0 Å². The summed E-state index contributed by atoms with van der Waals surface area (Å²) in [6.07, 6.45) is 0. The number of amides is 1. The van der Waals surface area contributed by atoms with Crippen molar-refractivity contribution in [2.24, 2.45) is 0 Å². The number of nitrogens with one attached hydrogen (secondary N) is 1. The largest absolute Gasteiger partial charge is 0.618 e. The molecule has 7 heteroatoms. The molecule has 0 aliphatic carbocycles. The number of fused-ring (bicyclic) bond motifs is 1. The second-order valence-corrected chi connectivity index (χ2v) is 5.67. The number of para-hydroxylation sites is 2. The van der Waals surface area contributed by atoms with Crippen molar-refractivity contribution in [3.8, 4) is 0 Å². The van der Waals surface area contributed by atoms with Gasteiger partial charge in [0.25, 0.3) is 0 Å². The molecule has 1 N–H and O–H groups in total. The molecule has 132 valence electrons. The number of methoxy groups -OCH3 is 1. The zero-order valence-corrected chi connectivity index (χ0v) is 14.3. The number of nitrogens with zero attached hydrogens (tertiary/aromatic N) is 2. The summed E-state index contributed by atoms with van der Waals surface area (Å²) in [5.74, 6) is -1.33. The van der Waals surface area contributed by atoms with Crippen molar-refractivity contribution in [1.29, 1.82) is 0 Å². The highest BCUT2D eigenvalue weighted by Gasteiger charge is 2.30. The molecule has 0 aliphatic rings. The maximum Gasteiger partial charge on any atom is 0.333 e. The summed E-state index contributed by atoms with van der Waals surface area (Å²) in [6.45, 7) is 1.57. The van der Waals surface area contributed by atoms with Crippen molar-refractivity contribution in [3.05, 3.63) is 76.8 Å². The van der Waals surface area contributed by atoms with E-state index in [0.717, 1.165) is 0 Å². The Hall–Kier alpha value is -3.48. The Morgan fingerprint density at radius 2 is 1.77 bits per heavy atom. The second kappa shape index (κ2) is 7.18. The number of aromatic nitrogens is 2. The first kappa shape index (κ1) is 17.3. The lowest BCUT2D eigenvalue weighted by Gasteiger charge is -2.17. The van der Waals surface area contributed by atoms with Gasteiger partial charge in [0.1, 0.15) is 11.2 Å². The lowest BCUT2D eigenvalue weighted by atomic mass is 10.1. The van der Waals surface area contributed by atoms with Gasteiger partial charge in [0.15, 0.2) is 6.04 Å². The average Bonchev–Trinajstić information content (AvgIpc) is 2.66. The van der Waals surface area contributed by atoms with Gasteiger partial charge in [0, 0.05) is 6.07 Å². The number of benzene rings is 2. The molecule has 0 radical (unpaired) electrons. The van der Waals surface area contributed by atoms with Gasteiger partial charge < -0.3 is 15.3 Å². The predicted molar refractivity (Wildman–Crippen MR) is 94.1 cm³/mol. The summed E-state index contributed by atoms with van der Waals surface area (Å²) in [5, 5.41) is 15.2. The Balaban J connectivity index is 2.00. The van der Waals surface area contributed by atoms with Crippen LogP contribution in [0.5, 0.6) is 0 Å². The van der Waals surface area contributed by atoms with E-state index in [1.807, 2.05) is 0 Å². The zero-order valence-electron chi connectivity index (χ0n) is 14.3. The summed E-state index contributed by atoms with van der Waals surface area (Å²) in [6, 6.07) is 14.4. The van der Waals surface area contributed by atoms with Gasteiger partial charge in [-0.05, 0) is 18.6 Å². The fourth-order valence-electron chi connectivity index (χ4n) is 2.73. The zero-order chi connectivity index (χ0) is 18.7. The van der Waals surface area contributed by atoms with Crippen LogP contribution in [0.3, 0.4) is 0 Å². The molecule has 0 aliphatic heterocycles. The van der Waals surface area contributed by atoms with Crippen molar-refractivity contribution in [2.45, 2.75) is 13.0 Å². The molecule has 3 rings (SSSR count). The Labute approximate surface area is 149 Å². The summed E-state index contributed by atoms with van der Waals surface area (Å²) in [5.41, 5.74) is 1.43. The number of hydrogen-bond acceptors (Lipinski definition) is 5. The Morgan fingerprint density at radius 1 is 1.12 bits per heavy atom. The minimum Gasteiger partial charge on any atom is -0.618 e. The summed E-state index contributed by atoms with van der Waals surface area (Å²) in [7, 11) is 1.24. The molecular formula is C19H17N3O4. The molecule has 0 saturated heterocycles. The Bertz CT molecular complexity index is 973. The van der Waals surface area contributed by atoms with Gasteiger partial charge >= 0.3 is 17.6 Å². The third-order valence-corrected chi connectivity index (χ3v) is 3.99. The van der Waals surface area contributed by atoms with E-state index in [2.05, 4.69) is 10.3 Å². The fraction of sp³-hybridized carbons (Fsp3) is 0.158. The summed E-state index contributed by atoms with van der Waals surface area (Å²) in [4.78, 5) is 29.2. The van der Waals surface area contributed by atoms with Crippen molar-refractivity contribution in [1.82, 2.24) is 10.3 Å². The SMILES string of the molecule is COC(=O)[C@@H](NC(=O)c1c(C)nc2ccccc2[n+]1[O-])c1ccccc1. The number of hydrogen-bond donors (Lipinski definition) is 1. The second-order valence-electron chi connectivity index (χ2n) is 5.67. The monoisotopic (exact) mass is 351 g/mol. The van der Waals surface area contributed by atoms with Crippen LogP contribution in [0.25, 0.3) is 11.0 Å². The van der Waals surface area contributed by atoms with E-state index >= 15 is 0 Å². The van der Waals surface area contributed by atoms with Crippen molar-refractivity contribution in [3.63, 3.8) is 0 Å². The Morgan fingerprint density at radius 3 is 2.46 bits per heavy atom. The van der Waals surface area contributed by atoms with Crippen LogP contribution < -0.4 is 10.0 Å². The van der Waals surface area contributed by atoms with Crippen molar-refractivity contribution < 1.29 is 19.1 Å². The van der Waals surface area contributed by atoms with Gasteiger partial charge in [-0.2, -0.15) is 4.73 Å². The topological polar surface area (TPSA) is 95.2 Å². The molecule has 1 aromatic heterocycles. The summed E-state index contributed by atoms with van der Waals surface area (Å²) >= 11 is 0. The lowest BCUT2D eigenvalue weighted by molar-refractivity contribution is -0.580. The van der Waals surface area contributed by atoms with Gasteiger partial charge in [-0.25, -0.2) is 9.78 Å². The van der Waals surface area contributed by atoms with Gasteiger partial charge in [0.05, 0.1) is 7.11 Å². The molecule has 0 saturated carbocycles. The van der Waals surface area contributed by atoms with Gasteiger partial charge in [0.2, 0.25) is 5.52 Å². The molecule has 1 amide bonds. The minimum absolute atomic E-state index is 0.159. The highest BCUT2D eigenvalue weighted by Crippen LogP contribution is 2.16. The van der Waals surface area contributed by atoms with Crippen molar-refractivity contribution >= 4 is 22.9 Å². The third kappa shape index (κ3) is 3.19. The molecule has 0 spiro atoms. The van der Waals surface area contributed by atoms with Crippen LogP contribution in [0.15, 0.2) is 54.6 Å². The summed E-state index contributed by atoms with van der Waals surface area (Å²) < 4.78 is 5.31. The molecule has 26 heavy (non-hydrogen) atoms. The maximum atomic E-state index is 12.8. The molecule has 3 aromatic rings. The first-order valence-corrected chi connectivity index (χ1v) is 7.95. The van der Waals surface area contributed by atoms with Gasteiger partial charge in [-0.3, -0.25) is 4.79 Å². The maximum absolute atomic E-state index is 12.8. The molecule has 7 nitrogen and oxygen atoms in total. The predicted octanol–water partition coefficient (Wildman–Crippen LogP) is 1.82. The normalized spacial score (nSPS) is 11.8. The quantitative estimate of drug-likeness (QED) is 0.439. The van der Waals surface area contributed by atoms with Crippen LogP contribution in [0.1, 0.15) is 27.8 Å². The minimum atomic E-state index is -1.03. The molecule has 1 atom stereocenters. The van der Waals surface area contributed by atoms with E-state index in [9.17, 15) is 14.8 Å². The van der Waals surface area contributed by atoms with E-state index < -0.39 is 17.9 Å². The highest BCUT2D eigenvalue weighted by molar-refractivity contribution is 5.96. The van der Waals surface area contributed by atoms with E-state index in [4.69, 9.17) is 4.74 Å². The number of esters is 1. The number of carbonyl (C=O) groups is 2. The van der Waals surface area contributed by atoms with Crippen LogP contribution in [-0.4, -0.2) is 24.0 Å². The van der Waals surface area contributed by atoms with E-state index in [1.165, 1.54) is 7.11 Å². The van der Waals surface area contributed by atoms with Crippen LogP contribution >= 0.6 is 0 Å². The van der Waals surface area contributed by atoms with Crippen LogP contribution in [0, 0.1) is 12.1 Å². The third-order valence-electron chi connectivity index (χ3n) is 3.99. The van der Waals surface area contributed by atoms with E-state index in [1.54, 1.807) is 61.5 Å². The van der Waals surface area contributed by atoms with Crippen molar-refractivity contribution in [2.75, 3.05) is 7.11 Å². The first-order valence-electron chi connectivity index (χ1n) is 7.95. The van der Waals surface area contributed by atoms with Crippen LogP contribution in [0.2, 0.25) is 0 Å². The van der Waals surface area contributed by atoms with E-state index in [0.29, 0.717) is 15.8 Å². The fourth-order valence-corrected chi connectivity index (χ4v) is 2.73. The number of rotatable bonds is 4. The van der Waals surface area contributed by atoms with E-state index in [-0.39, 0.29) is 16.9 Å². The number of ether oxygens (including phenoxy) is 1. The van der Waals surface area contributed by atoms with Crippen LogP contribution in [-0.2, 0) is 9.53 Å². The number of aryl methyl sites for hydroxylation is 1. The highest BCUT2D eigenvalue weighted by atomic mass is 16.5. The first-order chi connectivity index (χ1) is 12.5. The molecule has 0 fully saturated rings. The lowest BCUT2D eigenvalue weighted by Crippen LogP contribution is -2.44. The molecule has 0 bridgehead atoms. The molecule has 1 heterocycles.